The van der Waals surface area contributed by atoms with Gasteiger partial charge < -0.3 is 20.6 Å². The smallest absolute Gasteiger partial charge is 0.386 e. The largest absolute Gasteiger partial charge is 0.486 e. The molecule has 0 unspecified atom stereocenters. The van der Waals surface area contributed by atoms with E-state index in [1.807, 2.05) is 0 Å². The van der Waals surface area contributed by atoms with Gasteiger partial charge in [-0.3, -0.25) is 0 Å². The van der Waals surface area contributed by atoms with Crippen molar-refractivity contribution in [3.63, 3.8) is 0 Å². The minimum Gasteiger partial charge on any atom is -0.486 e. The van der Waals surface area contributed by atoms with Crippen LogP contribution < -0.4 is 10.5 Å². The van der Waals surface area contributed by atoms with Gasteiger partial charge in [-0.2, -0.15) is 0 Å². The molecule has 0 aliphatic heterocycles. The Balaban J connectivity index is 2.20. The van der Waals surface area contributed by atoms with E-state index in [-0.39, 0.29) is 17.6 Å². The number of hydrogen-bond donors (Lipinski definition) is 1. The number of nitrogens with zero attached hydrogens (tertiary/aromatic N) is 2. The van der Waals surface area contributed by atoms with Crippen LogP contribution in [0.25, 0.3) is 0 Å². The zero-order chi connectivity index (χ0) is 10.1. The molecule has 0 bridgehead atoms. The quantitative estimate of drug-likeness (QED) is 0.576. The molecular weight excluding hydrogens is 186 g/mol. The maximum atomic E-state index is 10.4. The highest BCUT2D eigenvalue weighted by molar-refractivity contribution is 5.55. The van der Waals surface area contributed by atoms with E-state index in [4.69, 9.17) is 10.5 Å². The lowest BCUT2D eigenvalue weighted by Gasteiger charge is -2.02. The number of nitrogen functional groups attached to an aromatic ring is 1. The first-order valence-electron chi connectivity index (χ1n) is 4.23. The summed E-state index contributed by atoms with van der Waals surface area (Å²) < 4.78 is 5.38. The number of hydrogen-bond acceptors (Lipinski definition) is 5. The molecule has 1 heterocycles. The second kappa shape index (κ2) is 3.13. The van der Waals surface area contributed by atoms with Crippen molar-refractivity contribution in [3.05, 3.63) is 22.4 Å². The predicted octanol–water partition coefficient (Wildman–Crippen LogP) is 1.11. The molecule has 1 fully saturated rings. The molecule has 2 rings (SSSR count). The van der Waals surface area contributed by atoms with Crippen molar-refractivity contribution in [1.82, 2.24) is 4.98 Å². The minimum atomic E-state index is -0.615. The molecule has 0 aromatic carbocycles. The van der Waals surface area contributed by atoms with E-state index in [9.17, 15) is 10.1 Å². The van der Waals surface area contributed by atoms with Crippen LogP contribution in [-0.2, 0) is 0 Å². The first-order valence-corrected chi connectivity index (χ1v) is 4.23. The molecule has 1 aliphatic rings. The molecule has 6 nitrogen and oxygen atoms in total. The van der Waals surface area contributed by atoms with Crippen LogP contribution in [0.15, 0.2) is 12.3 Å². The molecule has 1 saturated carbocycles. The van der Waals surface area contributed by atoms with E-state index in [2.05, 4.69) is 4.98 Å². The fourth-order valence-corrected chi connectivity index (χ4v) is 1.05. The first kappa shape index (κ1) is 8.74. The van der Waals surface area contributed by atoms with Crippen molar-refractivity contribution >= 4 is 11.5 Å². The third-order valence-electron chi connectivity index (χ3n) is 1.87. The number of ether oxygens (including phenoxy) is 1. The lowest BCUT2D eigenvalue weighted by Crippen LogP contribution is -2.01. The Morgan fingerprint density at radius 3 is 2.86 bits per heavy atom. The molecule has 2 N–H and O–H groups in total. The standard InChI is InChI=1S/C8H9N3O3/c9-7-3-6(14-5-1-2-5)4-10-8(7)11(12)13/h3-5H,1-2,9H2. The molecule has 1 aromatic heterocycles. The predicted molar refractivity (Wildman–Crippen MR) is 49.0 cm³/mol. The second-order valence-corrected chi connectivity index (χ2v) is 3.16. The fraction of sp³-hybridized carbons (Fsp3) is 0.375. The van der Waals surface area contributed by atoms with Gasteiger partial charge in [0.2, 0.25) is 0 Å². The number of aromatic nitrogens is 1. The van der Waals surface area contributed by atoms with Gasteiger partial charge in [0.1, 0.15) is 5.69 Å². The number of nitrogens with two attached hydrogens (primary N) is 1. The Bertz CT molecular complexity index is 376. The molecule has 0 amide bonds. The van der Waals surface area contributed by atoms with Crippen molar-refractivity contribution in [3.8, 4) is 5.75 Å². The van der Waals surface area contributed by atoms with Crippen LogP contribution in [0.3, 0.4) is 0 Å². The number of pyridine rings is 1. The highest BCUT2D eigenvalue weighted by Gasteiger charge is 2.25. The molecule has 74 valence electrons. The number of rotatable bonds is 3. The summed E-state index contributed by atoms with van der Waals surface area (Å²) in [5.74, 6) is 0.170. The Hall–Kier alpha value is -1.85. The summed E-state index contributed by atoms with van der Waals surface area (Å²) in [6, 6.07) is 1.43. The number of anilines is 1. The third-order valence-corrected chi connectivity index (χ3v) is 1.87. The van der Waals surface area contributed by atoms with Gasteiger partial charge in [0.25, 0.3) is 0 Å². The molecule has 14 heavy (non-hydrogen) atoms. The van der Waals surface area contributed by atoms with Crippen LogP contribution in [0.5, 0.6) is 5.75 Å². The van der Waals surface area contributed by atoms with Crippen LogP contribution >= 0.6 is 0 Å². The molecular formula is C8H9N3O3. The minimum absolute atomic E-state index is 0.0353. The van der Waals surface area contributed by atoms with Crippen molar-refractivity contribution in [2.45, 2.75) is 18.9 Å². The maximum absolute atomic E-state index is 10.4. The molecule has 1 aliphatic carbocycles. The topological polar surface area (TPSA) is 91.3 Å². The third kappa shape index (κ3) is 1.73. The summed E-state index contributed by atoms with van der Waals surface area (Å²) in [7, 11) is 0. The van der Waals surface area contributed by atoms with Crippen LogP contribution in [0.1, 0.15) is 12.8 Å². The monoisotopic (exact) mass is 195 g/mol. The molecule has 0 radical (unpaired) electrons. The van der Waals surface area contributed by atoms with Gasteiger partial charge in [-0.15, -0.1) is 0 Å². The van der Waals surface area contributed by atoms with E-state index in [1.165, 1.54) is 12.3 Å². The average Bonchev–Trinajstić information content (AvgIpc) is 2.87. The van der Waals surface area contributed by atoms with Crippen molar-refractivity contribution in [1.29, 1.82) is 0 Å². The molecule has 0 spiro atoms. The summed E-state index contributed by atoms with van der Waals surface area (Å²) in [6.07, 6.45) is 3.61. The Morgan fingerprint density at radius 2 is 2.36 bits per heavy atom. The van der Waals surface area contributed by atoms with E-state index in [0.717, 1.165) is 12.8 Å². The Labute approximate surface area is 79.8 Å². The normalized spacial score (nSPS) is 15.1. The summed E-state index contributed by atoms with van der Waals surface area (Å²) >= 11 is 0. The van der Waals surface area contributed by atoms with Crippen LogP contribution in [0, 0.1) is 10.1 Å². The second-order valence-electron chi connectivity index (χ2n) is 3.16. The summed E-state index contributed by atoms with van der Waals surface area (Å²) in [5, 5.41) is 10.4. The van der Waals surface area contributed by atoms with Gasteiger partial charge in [0.05, 0.1) is 6.10 Å². The van der Waals surface area contributed by atoms with Crippen molar-refractivity contribution in [2.24, 2.45) is 0 Å². The Kier molecular flexibility index (Phi) is 1.95. The van der Waals surface area contributed by atoms with Gasteiger partial charge >= 0.3 is 5.82 Å². The molecule has 1 aromatic rings. The first-order chi connectivity index (χ1) is 6.66. The lowest BCUT2D eigenvalue weighted by molar-refractivity contribution is -0.388. The van der Waals surface area contributed by atoms with Gasteiger partial charge in [-0.25, -0.2) is 0 Å². The maximum Gasteiger partial charge on any atom is 0.386 e. The molecule has 0 saturated heterocycles. The van der Waals surface area contributed by atoms with E-state index >= 15 is 0 Å². The SMILES string of the molecule is Nc1cc(OC2CC2)cnc1[N+](=O)[O-]. The van der Waals surface area contributed by atoms with Crippen LogP contribution in [0.2, 0.25) is 0 Å². The highest BCUT2D eigenvalue weighted by Crippen LogP contribution is 2.29. The number of nitro groups is 1. The summed E-state index contributed by atoms with van der Waals surface area (Å²) in [4.78, 5) is 13.4. The van der Waals surface area contributed by atoms with Gasteiger partial charge in [0, 0.05) is 6.07 Å². The van der Waals surface area contributed by atoms with Crippen molar-refractivity contribution < 1.29 is 9.66 Å². The van der Waals surface area contributed by atoms with E-state index < -0.39 is 4.92 Å². The summed E-state index contributed by atoms with van der Waals surface area (Å²) in [6.45, 7) is 0. The zero-order valence-electron chi connectivity index (χ0n) is 7.34. The highest BCUT2D eigenvalue weighted by atomic mass is 16.6. The van der Waals surface area contributed by atoms with Gasteiger partial charge in [-0.1, -0.05) is 0 Å². The molecule has 0 atom stereocenters. The fourth-order valence-electron chi connectivity index (χ4n) is 1.05. The van der Waals surface area contributed by atoms with Gasteiger partial charge in [-0.05, 0) is 22.7 Å². The van der Waals surface area contributed by atoms with E-state index in [1.54, 1.807) is 0 Å². The summed E-state index contributed by atoms with van der Waals surface area (Å²) in [5.41, 5.74) is 5.47. The molecule has 6 heteroatoms. The zero-order valence-corrected chi connectivity index (χ0v) is 7.34. The van der Waals surface area contributed by atoms with Gasteiger partial charge in [0.15, 0.2) is 11.9 Å². The van der Waals surface area contributed by atoms with Crippen LogP contribution in [0.4, 0.5) is 11.5 Å². The average molecular weight is 195 g/mol. The van der Waals surface area contributed by atoms with E-state index in [0.29, 0.717) is 5.75 Å². The lowest BCUT2D eigenvalue weighted by atomic mass is 10.4. The van der Waals surface area contributed by atoms with Crippen LogP contribution in [-0.4, -0.2) is 16.0 Å². The Morgan fingerprint density at radius 1 is 1.64 bits per heavy atom. The van der Waals surface area contributed by atoms with Crippen molar-refractivity contribution in [2.75, 3.05) is 5.73 Å².